The lowest BCUT2D eigenvalue weighted by Crippen LogP contribution is -2.46. The Hall–Kier alpha value is -2.41. The average molecular weight is 313 g/mol. The van der Waals surface area contributed by atoms with Crippen LogP contribution < -0.4 is 16.0 Å². The quantitative estimate of drug-likeness (QED) is 0.875. The summed E-state index contributed by atoms with van der Waals surface area (Å²) < 4.78 is 0. The van der Waals surface area contributed by atoms with Crippen molar-refractivity contribution in [2.75, 3.05) is 49.2 Å². The highest BCUT2D eigenvalue weighted by molar-refractivity contribution is 5.58. The Bertz CT molecular complexity index is 651. The van der Waals surface area contributed by atoms with Crippen molar-refractivity contribution in [2.45, 2.75) is 13.5 Å². The summed E-state index contributed by atoms with van der Waals surface area (Å²) in [5, 5.41) is 3.08. The molecular weight excluding hydrogens is 290 g/mol. The van der Waals surface area contributed by atoms with Crippen molar-refractivity contribution in [2.24, 2.45) is 0 Å². The van der Waals surface area contributed by atoms with Crippen LogP contribution in [-0.4, -0.2) is 53.1 Å². The molecule has 0 aromatic carbocycles. The largest absolute Gasteiger partial charge is 0.383 e. The van der Waals surface area contributed by atoms with Gasteiger partial charge in [-0.25, -0.2) is 0 Å². The van der Waals surface area contributed by atoms with Gasteiger partial charge >= 0.3 is 0 Å². The number of nitrogens with zero attached hydrogens (tertiary/aromatic N) is 5. The van der Waals surface area contributed by atoms with Gasteiger partial charge in [-0.05, 0) is 24.6 Å². The van der Waals surface area contributed by atoms with Gasteiger partial charge in [0.2, 0.25) is 5.95 Å². The second kappa shape index (κ2) is 6.78. The van der Waals surface area contributed by atoms with Gasteiger partial charge in [0.15, 0.2) is 0 Å². The molecule has 2 aromatic heterocycles. The Morgan fingerprint density at radius 1 is 1.13 bits per heavy atom. The van der Waals surface area contributed by atoms with Gasteiger partial charge in [0.25, 0.3) is 0 Å². The van der Waals surface area contributed by atoms with Gasteiger partial charge in [0, 0.05) is 57.7 Å². The molecule has 0 atom stereocenters. The summed E-state index contributed by atoms with van der Waals surface area (Å²) in [6, 6.07) is 4.13. The van der Waals surface area contributed by atoms with Gasteiger partial charge in [-0.2, -0.15) is 9.97 Å². The fourth-order valence-corrected chi connectivity index (χ4v) is 2.76. The van der Waals surface area contributed by atoms with E-state index in [0.29, 0.717) is 11.8 Å². The highest BCUT2D eigenvalue weighted by Crippen LogP contribution is 2.22. The molecule has 2 aromatic rings. The van der Waals surface area contributed by atoms with Crippen LogP contribution in [0.25, 0.3) is 0 Å². The molecule has 0 spiro atoms. The summed E-state index contributed by atoms with van der Waals surface area (Å²) in [5.74, 6) is 2.05. The number of nitrogen functional groups attached to an aromatic ring is 1. The number of nitrogens with one attached hydrogen (secondary N) is 1. The Morgan fingerprint density at radius 3 is 2.48 bits per heavy atom. The number of nitrogens with two attached hydrogens (primary N) is 1. The lowest BCUT2D eigenvalue weighted by atomic mass is 10.2. The molecule has 1 aliphatic heterocycles. The molecular formula is C16H23N7. The lowest BCUT2D eigenvalue weighted by molar-refractivity contribution is 0.248. The molecule has 3 heterocycles. The van der Waals surface area contributed by atoms with E-state index in [1.165, 1.54) is 5.56 Å². The van der Waals surface area contributed by atoms with Gasteiger partial charge < -0.3 is 16.0 Å². The zero-order chi connectivity index (χ0) is 16.2. The van der Waals surface area contributed by atoms with Crippen molar-refractivity contribution in [3.63, 3.8) is 0 Å². The zero-order valence-electron chi connectivity index (χ0n) is 13.7. The molecule has 0 saturated carbocycles. The maximum absolute atomic E-state index is 6.00. The van der Waals surface area contributed by atoms with Crippen LogP contribution in [0.3, 0.4) is 0 Å². The molecule has 0 amide bonds. The highest BCUT2D eigenvalue weighted by atomic mass is 15.3. The number of rotatable bonds is 4. The number of pyridine rings is 1. The second-order valence-corrected chi connectivity index (χ2v) is 5.75. The first kappa shape index (κ1) is 15.5. The number of hydrogen-bond acceptors (Lipinski definition) is 7. The molecule has 1 aliphatic rings. The van der Waals surface area contributed by atoms with Crippen molar-refractivity contribution in [3.8, 4) is 0 Å². The summed E-state index contributed by atoms with van der Waals surface area (Å²) >= 11 is 0. The van der Waals surface area contributed by atoms with Crippen LogP contribution in [0.1, 0.15) is 11.1 Å². The van der Waals surface area contributed by atoms with Crippen molar-refractivity contribution in [1.82, 2.24) is 19.9 Å². The van der Waals surface area contributed by atoms with Gasteiger partial charge in [0.1, 0.15) is 11.6 Å². The van der Waals surface area contributed by atoms with Crippen LogP contribution in [0, 0.1) is 6.92 Å². The fraction of sp³-hybridized carbons (Fsp3) is 0.438. The van der Waals surface area contributed by atoms with Crippen LogP contribution >= 0.6 is 0 Å². The first-order valence-corrected chi connectivity index (χ1v) is 7.85. The normalized spacial score (nSPS) is 15.7. The molecule has 7 heteroatoms. The van der Waals surface area contributed by atoms with Crippen molar-refractivity contribution < 1.29 is 0 Å². The SMILES string of the molecule is CNc1nc(N2CCN(Cc3ccncc3)CC2)nc(N)c1C. The Balaban J connectivity index is 1.64. The highest BCUT2D eigenvalue weighted by Gasteiger charge is 2.20. The second-order valence-electron chi connectivity index (χ2n) is 5.75. The van der Waals surface area contributed by atoms with Crippen molar-refractivity contribution in [3.05, 3.63) is 35.7 Å². The van der Waals surface area contributed by atoms with Gasteiger partial charge in [0.05, 0.1) is 0 Å². The maximum atomic E-state index is 6.00. The van der Waals surface area contributed by atoms with E-state index in [9.17, 15) is 0 Å². The van der Waals surface area contributed by atoms with Crippen LogP contribution in [0.15, 0.2) is 24.5 Å². The molecule has 1 saturated heterocycles. The van der Waals surface area contributed by atoms with E-state index in [-0.39, 0.29) is 0 Å². The monoisotopic (exact) mass is 313 g/mol. The minimum absolute atomic E-state index is 0.540. The average Bonchev–Trinajstić information content (AvgIpc) is 2.59. The fourth-order valence-electron chi connectivity index (χ4n) is 2.76. The summed E-state index contributed by atoms with van der Waals surface area (Å²) in [6.07, 6.45) is 3.68. The van der Waals surface area contributed by atoms with E-state index in [4.69, 9.17) is 5.73 Å². The van der Waals surface area contributed by atoms with Crippen molar-refractivity contribution in [1.29, 1.82) is 0 Å². The van der Waals surface area contributed by atoms with Crippen LogP contribution in [-0.2, 0) is 6.54 Å². The molecule has 122 valence electrons. The smallest absolute Gasteiger partial charge is 0.229 e. The molecule has 0 radical (unpaired) electrons. The summed E-state index contributed by atoms with van der Waals surface area (Å²) in [4.78, 5) is 17.7. The Labute approximate surface area is 136 Å². The molecule has 7 nitrogen and oxygen atoms in total. The number of hydrogen-bond donors (Lipinski definition) is 2. The van der Waals surface area contributed by atoms with Gasteiger partial charge in [-0.15, -0.1) is 0 Å². The summed E-state index contributed by atoms with van der Waals surface area (Å²) in [6.45, 7) is 6.64. The van der Waals surface area contributed by atoms with E-state index in [2.05, 4.69) is 42.2 Å². The third-order valence-corrected chi connectivity index (χ3v) is 4.22. The maximum Gasteiger partial charge on any atom is 0.229 e. The first-order chi connectivity index (χ1) is 11.2. The zero-order valence-corrected chi connectivity index (χ0v) is 13.7. The van der Waals surface area contributed by atoms with Crippen molar-refractivity contribution >= 4 is 17.6 Å². The lowest BCUT2D eigenvalue weighted by Gasteiger charge is -2.35. The molecule has 0 aliphatic carbocycles. The van der Waals surface area contributed by atoms with E-state index in [1.807, 2.05) is 26.4 Å². The molecule has 23 heavy (non-hydrogen) atoms. The minimum atomic E-state index is 0.540. The topological polar surface area (TPSA) is 83.2 Å². The molecule has 1 fully saturated rings. The number of anilines is 3. The van der Waals surface area contributed by atoms with Gasteiger partial charge in [-0.3, -0.25) is 9.88 Å². The summed E-state index contributed by atoms with van der Waals surface area (Å²) in [5.41, 5.74) is 8.19. The molecule has 3 rings (SSSR count). The van der Waals surface area contributed by atoms with E-state index in [0.717, 1.165) is 44.1 Å². The Morgan fingerprint density at radius 2 is 1.83 bits per heavy atom. The van der Waals surface area contributed by atoms with E-state index in [1.54, 1.807) is 0 Å². The number of piperazine rings is 1. The standard InChI is InChI=1S/C16H23N7/c1-12-14(17)20-16(21-15(12)18-2)23-9-7-22(8-10-23)11-13-3-5-19-6-4-13/h3-6H,7-11H2,1-2H3,(H3,17,18,20,21). The van der Waals surface area contributed by atoms with Crippen LogP contribution in [0.2, 0.25) is 0 Å². The van der Waals surface area contributed by atoms with E-state index >= 15 is 0 Å². The first-order valence-electron chi connectivity index (χ1n) is 7.85. The minimum Gasteiger partial charge on any atom is -0.383 e. The molecule has 0 bridgehead atoms. The summed E-state index contributed by atoms with van der Waals surface area (Å²) in [7, 11) is 1.85. The predicted octanol–water partition coefficient (Wildman–Crippen LogP) is 1.13. The molecule has 0 unspecified atom stereocenters. The Kier molecular flexibility index (Phi) is 4.57. The number of aromatic nitrogens is 3. The van der Waals surface area contributed by atoms with Gasteiger partial charge in [-0.1, -0.05) is 0 Å². The predicted molar refractivity (Wildman–Crippen MR) is 92.5 cm³/mol. The third kappa shape index (κ3) is 3.50. The van der Waals surface area contributed by atoms with E-state index < -0.39 is 0 Å². The third-order valence-electron chi connectivity index (χ3n) is 4.22. The van der Waals surface area contributed by atoms with Crippen LogP contribution in [0.4, 0.5) is 17.6 Å². The van der Waals surface area contributed by atoms with Crippen LogP contribution in [0.5, 0.6) is 0 Å². The molecule has 3 N–H and O–H groups in total.